The Labute approximate surface area is 96.6 Å². The first kappa shape index (κ1) is 11.6. The first-order valence-corrected chi connectivity index (χ1v) is 7.67. The number of hydrogen-bond donors (Lipinski definition) is 0. The lowest BCUT2D eigenvalue weighted by molar-refractivity contribution is 0.464. The third-order valence-electron chi connectivity index (χ3n) is 3.17. The van der Waals surface area contributed by atoms with Gasteiger partial charge in [-0.2, -0.15) is 5.10 Å². The maximum absolute atomic E-state index is 11.4. The summed E-state index contributed by atoms with van der Waals surface area (Å²) in [5.74, 6) is 0.256. The van der Waals surface area contributed by atoms with E-state index >= 15 is 0 Å². The average Bonchev–Trinajstić information content (AvgIpc) is 2.86. The van der Waals surface area contributed by atoms with E-state index < -0.39 is 9.84 Å². The van der Waals surface area contributed by atoms with Crippen LogP contribution in [0.25, 0.3) is 0 Å². The summed E-state index contributed by atoms with van der Waals surface area (Å²) in [6.07, 6.45) is 6.76. The van der Waals surface area contributed by atoms with E-state index in [1.54, 1.807) is 6.92 Å². The van der Waals surface area contributed by atoms with Crippen molar-refractivity contribution in [2.45, 2.75) is 44.4 Å². The van der Waals surface area contributed by atoms with Crippen molar-refractivity contribution in [3.63, 3.8) is 0 Å². The van der Waals surface area contributed by atoms with Crippen LogP contribution in [-0.4, -0.2) is 24.0 Å². The largest absolute Gasteiger partial charge is 0.269 e. The summed E-state index contributed by atoms with van der Waals surface area (Å²) in [7, 11) is -2.96. The van der Waals surface area contributed by atoms with Gasteiger partial charge in [-0.15, -0.1) is 0 Å². The highest BCUT2D eigenvalue weighted by atomic mass is 32.2. The summed E-state index contributed by atoms with van der Waals surface area (Å²) in [5.41, 5.74) is 0.675. The number of rotatable bonds is 4. The van der Waals surface area contributed by atoms with E-state index in [2.05, 4.69) is 5.10 Å². The van der Waals surface area contributed by atoms with Crippen LogP contribution < -0.4 is 0 Å². The van der Waals surface area contributed by atoms with Crippen molar-refractivity contribution >= 4 is 9.84 Å². The Bertz CT molecular complexity index is 444. The fourth-order valence-electron chi connectivity index (χ4n) is 2.15. The molecule has 0 saturated heterocycles. The van der Waals surface area contributed by atoms with E-state index in [9.17, 15) is 8.42 Å². The molecule has 2 rings (SSSR count). The zero-order valence-electron chi connectivity index (χ0n) is 9.59. The second kappa shape index (κ2) is 4.57. The van der Waals surface area contributed by atoms with Crippen LogP contribution in [0.1, 0.15) is 44.3 Å². The molecule has 1 saturated carbocycles. The highest BCUT2D eigenvalue weighted by Gasteiger charge is 2.18. The molecule has 0 spiro atoms. The van der Waals surface area contributed by atoms with E-state index in [0.717, 1.165) is 0 Å². The van der Waals surface area contributed by atoms with Gasteiger partial charge in [0.15, 0.2) is 9.84 Å². The van der Waals surface area contributed by atoms with Crippen LogP contribution in [0.2, 0.25) is 0 Å². The predicted molar refractivity (Wildman–Crippen MR) is 62.9 cm³/mol. The fraction of sp³-hybridized carbons (Fsp3) is 0.727. The fourth-order valence-corrected chi connectivity index (χ4v) is 2.96. The molecule has 1 heterocycles. The Morgan fingerprint density at radius 3 is 2.75 bits per heavy atom. The number of sulfone groups is 1. The molecular weight excluding hydrogens is 224 g/mol. The van der Waals surface area contributed by atoms with E-state index in [4.69, 9.17) is 0 Å². The number of nitrogens with zero attached hydrogens (tertiary/aromatic N) is 2. The monoisotopic (exact) mass is 242 g/mol. The van der Waals surface area contributed by atoms with Crippen molar-refractivity contribution in [3.05, 3.63) is 18.0 Å². The summed E-state index contributed by atoms with van der Waals surface area (Å²) in [6, 6.07) is 2.31. The van der Waals surface area contributed by atoms with E-state index in [1.165, 1.54) is 25.7 Å². The van der Waals surface area contributed by atoms with Crippen molar-refractivity contribution in [1.29, 1.82) is 0 Å². The molecule has 16 heavy (non-hydrogen) atoms. The Hall–Kier alpha value is -0.840. The minimum Gasteiger partial charge on any atom is -0.269 e. The quantitative estimate of drug-likeness (QED) is 0.810. The zero-order chi connectivity index (χ0) is 11.6. The Morgan fingerprint density at radius 2 is 2.12 bits per heavy atom. The van der Waals surface area contributed by atoms with Gasteiger partial charge in [0.05, 0.1) is 17.5 Å². The molecule has 0 radical (unpaired) electrons. The third-order valence-corrected chi connectivity index (χ3v) is 4.79. The van der Waals surface area contributed by atoms with Crippen molar-refractivity contribution < 1.29 is 8.42 Å². The summed E-state index contributed by atoms with van der Waals surface area (Å²) < 4.78 is 24.8. The van der Waals surface area contributed by atoms with Gasteiger partial charge in [-0.3, -0.25) is 4.68 Å². The second-order valence-corrected chi connectivity index (χ2v) is 6.76. The molecule has 0 atom stereocenters. The number of aromatic nitrogens is 2. The molecular formula is C11H18N2O2S. The first-order valence-electron chi connectivity index (χ1n) is 5.85. The van der Waals surface area contributed by atoms with Crippen molar-refractivity contribution in [1.82, 2.24) is 9.78 Å². The van der Waals surface area contributed by atoms with Crippen LogP contribution in [-0.2, 0) is 15.6 Å². The summed E-state index contributed by atoms with van der Waals surface area (Å²) in [5, 5.41) is 4.36. The smallest absolute Gasteiger partial charge is 0.155 e. The molecule has 0 bridgehead atoms. The van der Waals surface area contributed by atoms with Crippen LogP contribution >= 0.6 is 0 Å². The van der Waals surface area contributed by atoms with Crippen molar-refractivity contribution in [2.24, 2.45) is 0 Å². The van der Waals surface area contributed by atoms with Gasteiger partial charge in [-0.25, -0.2) is 8.42 Å². The normalized spacial score (nSPS) is 18.1. The highest BCUT2D eigenvalue weighted by Crippen LogP contribution is 2.28. The van der Waals surface area contributed by atoms with Crippen LogP contribution in [0.5, 0.6) is 0 Å². The Balaban J connectivity index is 2.07. The maximum Gasteiger partial charge on any atom is 0.155 e. The van der Waals surface area contributed by atoms with Crippen LogP contribution in [0.15, 0.2) is 12.3 Å². The zero-order valence-corrected chi connectivity index (χ0v) is 10.4. The van der Waals surface area contributed by atoms with Gasteiger partial charge in [0, 0.05) is 11.9 Å². The standard InChI is InChI=1S/C11H18N2O2S/c1-2-16(14,15)9-10-7-8-13(12-10)11-5-3-4-6-11/h7-8,11H,2-6,9H2,1H3. The van der Waals surface area contributed by atoms with Gasteiger partial charge >= 0.3 is 0 Å². The van der Waals surface area contributed by atoms with Gasteiger partial charge in [0.2, 0.25) is 0 Å². The van der Waals surface area contributed by atoms with Gasteiger partial charge in [0.1, 0.15) is 0 Å². The predicted octanol–water partition coefficient (Wildman–Crippen LogP) is 1.93. The van der Waals surface area contributed by atoms with E-state index in [1.807, 2.05) is 16.9 Å². The van der Waals surface area contributed by atoms with Gasteiger partial charge in [0.25, 0.3) is 0 Å². The van der Waals surface area contributed by atoms with Crippen LogP contribution in [0, 0.1) is 0 Å². The van der Waals surface area contributed by atoms with Gasteiger partial charge in [-0.1, -0.05) is 19.8 Å². The average molecular weight is 242 g/mol. The molecule has 1 fully saturated rings. The summed E-state index contributed by atoms with van der Waals surface area (Å²) in [6.45, 7) is 1.67. The molecule has 1 aliphatic carbocycles. The molecule has 0 aromatic carbocycles. The lowest BCUT2D eigenvalue weighted by atomic mass is 10.3. The molecule has 5 heteroatoms. The minimum atomic E-state index is -2.96. The first-order chi connectivity index (χ1) is 7.61. The molecule has 0 aliphatic heterocycles. The van der Waals surface area contributed by atoms with Gasteiger partial charge in [-0.05, 0) is 18.9 Å². The lowest BCUT2D eigenvalue weighted by Crippen LogP contribution is -2.09. The minimum absolute atomic E-state index is 0.0726. The molecule has 1 aromatic heterocycles. The summed E-state index contributed by atoms with van der Waals surface area (Å²) in [4.78, 5) is 0. The topological polar surface area (TPSA) is 52.0 Å². The van der Waals surface area contributed by atoms with Crippen molar-refractivity contribution in [2.75, 3.05) is 5.75 Å². The Kier molecular flexibility index (Phi) is 3.33. The number of hydrogen-bond acceptors (Lipinski definition) is 3. The van der Waals surface area contributed by atoms with E-state index in [0.29, 0.717) is 11.7 Å². The molecule has 4 nitrogen and oxygen atoms in total. The molecule has 90 valence electrons. The van der Waals surface area contributed by atoms with Crippen LogP contribution in [0.4, 0.5) is 0 Å². The van der Waals surface area contributed by atoms with E-state index in [-0.39, 0.29) is 11.5 Å². The molecule has 1 aromatic rings. The van der Waals surface area contributed by atoms with Gasteiger partial charge < -0.3 is 0 Å². The Morgan fingerprint density at radius 1 is 1.44 bits per heavy atom. The summed E-state index contributed by atoms with van der Waals surface area (Å²) >= 11 is 0. The maximum atomic E-state index is 11.4. The molecule has 0 N–H and O–H groups in total. The lowest BCUT2D eigenvalue weighted by Gasteiger charge is -2.08. The SMILES string of the molecule is CCS(=O)(=O)Cc1ccn(C2CCCC2)n1. The van der Waals surface area contributed by atoms with Crippen LogP contribution in [0.3, 0.4) is 0 Å². The third kappa shape index (κ3) is 2.64. The van der Waals surface area contributed by atoms with Crippen molar-refractivity contribution in [3.8, 4) is 0 Å². The molecule has 0 amide bonds. The molecule has 0 unspecified atom stereocenters. The highest BCUT2D eigenvalue weighted by molar-refractivity contribution is 7.90. The molecule has 1 aliphatic rings. The second-order valence-electron chi connectivity index (χ2n) is 4.40.